The van der Waals surface area contributed by atoms with Gasteiger partial charge in [-0.1, -0.05) is 11.6 Å². The Morgan fingerprint density at radius 1 is 1.55 bits per heavy atom. The zero-order valence-electron chi connectivity index (χ0n) is 7.69. The van der Waals surface area contributed by atoms with Crippen LogP contribution in [0.15, 0.2) is 11.6 Å². The summed E-state index contributed by atoms with van der Waals surface area (Å²) in [5, 5.41) is 3.15. The third-order valence-corrected chi connectivity index (χ3v) is 2.19. The molecule has 11 heavy (non-hydrogen) atoms. The average molecular weight is 153 g/mol. The zero-order chi connectivity index (χ0) is 8.10. The van der Waals surface area contributed by atoms with E-state index in [2.05, 4.69) is 18.3 Å². The molecule has 0 saturated heterocycles. The van der Waals surface area contributed by atoms with Crippen LogP contribution in [0.25, 0.3) is 0 Å². The van der Waals surface area contributed by atoms with Gasteiger partial charge in [-0.25, -0.2) is 0 Å². The minimum atomic E-state index is 1.04. The maximum absolute atomic E-state index is 3.15. The van der Waals surface area contributed by atoms with Gasteiger partial charge in [0.05, 0.1) is 0 Å². The van der Waals surface area contributed by atoms with E-state index in [1.807, 2.05) is 7.05 Å². The van der Waals surface area contributed by atoms with Gasteiger partial charge in [-0.3, -0.25) is 0 Å². The lowest BCUT2D eigenvalue weighted by molar-refractivity contribution is 0.781. The molecule has 0 aromatic carbocycles. The molecular formula is C10H19N. The van der Waals surface area contributed by atoms with Crippen LogP contribution in [0.2, 0.25) is 0 Å². The van der Waals surface area contributed by atoms with Gasteiger partial charge >= 0.3 is 0 Å². The molecule has 64 valence electrons. The molecule has 0 unspecified atom stereocenters. The summed E-state index contributed by atoms with van der Waals surface area (Å²) in [5.74, 6) is 1.04. The summed E-state index contributed by atoms with van der Waals surface area (Å²) >= 11 is 0. The van der Waals surface area contributed by atoms with Crippen molar-refractivity contribution in [3.05, 3.63) is 11.6 Å². The zero-order valence-corrected chi connectivity index (χ0v) is 7.69. The normalized spacial score (nSPS) is 18.9. The summed E-state index contributed by atoms with van der Waals surface area (Å²) in [5.41, 5.74) is 1.59. The molecule has 1 fully saturated rings. The van der Waals surface area contributed by atoms with Gasteiger partial charge in [0, 0.05) is 0 Å². The monoisotopic (exact) mass is 153 g/mol. The highest BCUT2D eigenvalue weighted by atomic mass is 14.8. The molecule has 0 aromatic heterocycles. The first-order valence-electron chi connectivity index (χ1n) is 4.63. The molecule has 1 saturated carbocycles. The van der Waals surface area contributed by atoms with E-state index < -0.39 is 0 Å². The summed E-state index contributed by atoms with van der Waals surface area (Å²) < 4.78 is 0. The lowest BCUT2D eigenvalue weighted by atomic mass is 10.1. The van der Waals surface area contributed by atoms with Crippen molar-refractivity contribution < 1.29 is 0 Å². The fourth-order valence-corrected chi connectivity index (χ4v) is 1.32. The van der Waals surface area contributed by atoms with Crippen LogP contribution >= 0.6 is 0 Å². The van der Waals surface area contributed by atoms with Crippen molar-refractivity contribution in [3.63, 3.8) is 0 Å². The minimum absolute atomic E-state index is 1.04. The average Bonchev–Trinajstić information content (AvgIpc) is 2.72. The van der Waals surface area contributed by atoms with E-state index in [4.69, 9.17) is 0 Å². The Kier molecular flexibility index (Phi) is 3.64. The first-order chi connectivity index (χ1) is 5.33. The van der Waals surface area contributed by atoms with Gasteiger partial charge in [0.1, 0.15) is 0 Å². The Balaban J connectivity index is 2.05. The van der Waals surface area contributed by atoms with Gasteiger partial charge in [-0.2, -0.15) is 0 Å². The van der Waals surface area contributed by atoms with Crippen LogP contribution in [0.1, 0.15) is 32.6 Å². The molecule has 0 heterocycles. The lowest BCUT2D eigenvalue weighted by Crippen LogP contribution is -2.06. The van der Waals surface area contributed by atoms with Crippen molar-refractivity contribution in [2.45, 2.75) is 32.6 Å². The van der Waals surface area contributed by atoms with Crippen molar-refractivity contribution in [3.8, 4) is 0 Å². The largest absolute Gasteiger partial charge is 0.319 e. The van der Waals surface area contributed by atoms with Crippen molar-refractivity contribution in [1.29, 1.82) is 0 Å². The first kappa shape index (κ1) is 8.79. The summed E-state index contributed by atoms with van der Waals surface area (Å²) in [6.45, 7) is 3.37. The van der Waals surface area contributed by atoms with Gasteiger partial charge in [0.2, 0.25) is 0 Å². The molecule has 1 aliphatic rings. The van der Waals surface area contributed by atoms with E-state index in [0.29, 0.717) is 0 Å². The summed E-state index contributed by atoms with van der Waals surface area (Å²) in [4.78, 5) is 0. The molecule has 0 bridgehead atoms. The fraction of sp³-hybridized carbons (Fsp3) is 0.800. The molecule has 1 rings (SSSR count). The molecule has 1 N–H and O–H groups in total. The minimum Gasteiger partial charge on any atom is -0.319 e. The Bertz CT molecular complexity index is 134. The fourth-order valence-electron chi connectivity index (χ4n) is 1.32. The standard InChI is InChI=1S/C10H19N/c1-9(4-3-7-11-2)8-10-5-6-10/h4,10-11H,3,5-8H2,1-2H3. The van der Waals surface area contributed by atoms with E-state index in [1.54, 1.807) is 5.57 Å². The number of hydrogen-bond acceptors (Lipinski definition) is 1. The molecule has 0 amide bonds. The summed E-state index contributed by atoms with van der Waals surface area (Å²) in [7, 11) is 2.00. The summed E-state index contributed by atoms with van der Waals surface area (Å²) in [6, 6.07) is 0. The molecule has 0 aliphatic heterocycles. The van der Waals surface area contributed by atoms with Gasteiger partial charge in [0.25, 0.3) is 0 Å². The third kappa shape index (κ3) is 4.20. The molecule has 0 atom stereocenters. The van der Waals surface area contributed by atoms with Crippen LogP contribution in [-0.4, -0.2) is 13.6 Å². The number of nitrogens with one attached hydrogen (secondary N) is 1. The van der Waals surface area contributed by atoms with Gasteiger partial charge < -0.3 is 5.32 Å². The van der Waals surface area contributed by atoms with Crippen LogP contribution in [0, 0.1) is 5.92 Å². The first-order valence-corrected chi connectivity index (χ1v) is 4.63. The highest BCUT2D eigenvalue weighted by molar-refractivity contribution is 5.01. The molecule has 1 aliphatic carbocycles. The van der Waals surface area contributed by atoms with Crippen LogP contribution < -0.4 is 5.32 Å². The third-order valence-electron chi connectivity index (χ3n) is 2.19. The Morgan fingerprint density at radius 3 is 2.82 bits per heavy atom. The van der Waals surface area contributed by atoms with Crippen LogP contribution in [0.4, 0.5) is 0 Å². The maximum Gasteiger partial charge on any atom is -0.00172 e. The maximum atomic E-state index is 3.15. The molecule has 0 spiro atoms. The van der Waals surface area contributed by atoms with E-state index in [9.17, 15) is 0 Å². The second-order valence-electron chi connectivity index (χ2n) is 3.59. The number of hydrogen-bond donors (Lipinski definition) is 1. The van der Waals surface area contributed by atoms with Crippen molar-refractivity contribution >= 4 is 0 Å². The molecular weight excluding hydrogens is 134 g/mol. The van der Waals surface area contributed by atoms with E-state index >= 15 is 0 Å². The Morgan fingerprint density at radius 2 is 2.27 bits per heavy atom. The highest BCUT2D eigenvalue weighted by Crippen LogP contribution is 2.34. The quantitative estimate of drug-likeness (QED) is 0.472. The predicted molar refractivity (Wildman–Crippen MR) is 49.6 cm³/mol. The van der Waals surface area contributed by atoms with Crippen LogP contribution in [0.5, 0.6) is 0 Å². The van der Waals surface area contributed by atoms with Gasteiger partial charge in [-0.15, -0.1) is 0 Å². The second kappa shape index (κ2) is 4.55. The SMILES string of the molecule is CNCCC=C(C)CC1CC1. The second-order valence-corrected chi connectivity index (χ2v) is 3.59. The molecule has 0 radical (unpaired) electrons. The predicted octanol–water partition coefficient (Wildman–Crippen LogP) is 2.34. The van der Waals surface area contributed by atoms with E-state index in [1.165, 1.54) is 25.7 Å². The molecule has 1 heteroatoms. The Labute approximate surface area is 69.9 Å². The summed E-state index contributed by atoms with van der Waals surface area (Å²) in [6.07, 6.45) is 7.85. The lowest BCUT2D eigenvalue weighted by Gasteiger charge is -1.98. The molecule has 0 aromatic rings. The van der Waals surface area contributed by atoms with Gasteiger partial charge in [0.15, 0.2) is 0 Å². The van der Waals surface area contributed by atoms with Crippen LogP contribution in [0.3, 0.4) is 0 Å². The Hall–Kier alpha value is -0.300. The number of rotatable bonds is 5. The van der Waals surface area contributed by atoms with Gasteiger partial charge in [-0.05, 0) is 52.1 Å². The van der Waals surface area contributed by atoms with Crippen molar-refractivity contribution in [1.82, 2.24) is 5.32 Å². The van der Waals surface area contributed by atoms with Crippen molar-refractivity contribution in [2.75, 3.05) is 13.6 Å². The smallest absolute Gasteiger partial charge is 0.00172 e. The number of allylic oxidation sites excluding steroid dienone is 1. The van der Waals surface area contributed by atoms with Crippen LogP contribution in [-0.2, 0) is 0 Å². The van der Waals surface area contributed by atoms with Crippen molar-refractivity contribution in [2.24, 2.45) is 5.92 Å². The van der Waals surface area contributed by atoms with E-state index in [0.717, 1.165) is 12.5 Å². The molecule has 1 nitrogen and oxygen atoms in total. The highest BCUT2D eigenvalue weighted by Gasteiger charge is 2.20. The topological polar surface area (TPSA) is 12.0 Å². The van der Waals surface area contributed by atoms with E-state index in [-0.39, 0.29) is 0 Å².